The number of nitrogens with zero attached hydrogens (tertiary/aromatic N) is 4. The predicted octanol–water partition coefficient (Wildman–Crippen LogP) is 2.56. The minimum atomic E-state index is -1.26. The van der Waals surface area contributed by atoms with Crippen molar-refractivity contribution in [2.45, 2.75) is 5.16 Å². The number of hydrogen-bond acceptors (Lipinski definition) is 9. The Kier molecular flexibility index (Phi) is 8.16. The smallest absolute Gasteiger partial charge is 0.250 e. The molecule has 10 nitrogen and oxygen atoms in total. The maximum absolute atomic E-state index is 12.4. The van der Waals surface area contributed by atoms with E-state index in [1.807, 2.05) is 47.0 Å². The van der Waals surface area contributed by atoms with Crippen molar-refractivity contribution in [3.63, 3.8) is 0 Å². The zero-order chi connectivity index (χ0) is 26.2. The first-order chi connectivity index (χ1) is 18.0. The summed E-state index contributed by atoms with van der Waals surface area (Å²) in [5.74, 6) is 0.169. The lowest BCUT2D eigenvalue weighted by atomic mass is 10.1. The number of carbonyl (C=O) groups is 2. The fourth-order valence-electron chi connectivity index (χ4n) is 3.38. The predicted molar refractivity (Wildman–Crippen MR) is 137 cm³/mol. The first-order valence-corrected chi connectivity index (χ1v) is 12.0. The van der Waals surface area contributed by atoms with Gasteiger partial charge in [-0.25, -0.2) is 5.43 Å². The Bertz CT molecular complexity index is 1420. The summed E-state index contributed by atoms with van der Waals surface area (Å²) < 4.78 is 12.6. The molecule has 188 valence electrons. The van der Waals surface area contributed by atoms with Gasteiger partial charge in [0.1, 0.15) is 0 Å². The Morgan fingerprint density at radius 1 is 1.00 bits per heavy atom. The van der Waals surface area contributed by atoms with Crippen LogP contribution in [0.1, 0.15) is 15.9 Å². The largest absolute Gasteiger partial charge is 0.545 e. The first-order valence-electron chi connectivity index (χ1n) is 11.0. The molecule has 11 heteroatoms. The van der Waals surface area contributed by atoms with Gasteiger partial charge in [-0.15, -0.1) is 10.2 Å². The fourth-order valence-corrected chi connectivity index (χ4v) is 4.13. The van der Waals surface area contributed by atoms with Gasteiger partial charge in [0.2, 0.25) is 0 Å². The number of thioether (sulfide) groups is 1. The summed E-state index contributed by atoms with van der Waals surface area (Å²) in [5, 5.41) is 24.0. The monoisotopic (exact) mass is 516 g/mol. The topological polar surface area (TPSA) is 131 Å². The minimum absolute atomic E-state index is 0.0395. The second-order valence-electron chi connectivity index (χ2n) is 7.54. The number of para-hydroxylation sites is 1. The number of amides is 1. The number of rotatable bonds is 10. The molecule has 1 amide bonds. The molecule has 0 bridgehead atoms. The average molecular weight is 517 g/mol. The van der Waals surface area contributed by atoms with Crippen LogP contribution in [0.4, 0.5) is 0 Å². The second-order valence-corrected chi connectivity index (χ2v) is 8.48. The number of hydrogen-bond donors (Lipinski definition) is 1. The highest BCUT2D eigenvalue weighted by Crippen LogP contribution is 2.34. The van der Waals surface area contributed by atoms with Crippen LogP contribution in [0, 0.1) is 0 Å². The number of hydrazone groups is 1. The molecule has 0 atom stereocenters. The van der Waals surface area contributed by atoms with E-state index in [0.29, 0.717) is 28.0 Å². The van der Waals surface area contributed by atoms with Crippen molar-refractivity contribution in [3.8, 4) is 28.6 Å². The molecule has 0 radical (unpaired) electrons. The minimum Gasteiger partial charge on any atom is -0.545 e. The SMILES string of the molecule is COc1ccc(-c2nnc(SCC(=O)NN=Cc3ccc(C(=O)[O-])cc3)n2-c2ccccc2)cc1OC. The fraction of sp³-hybridized carbons (Fsp3) is 0.115. The van der Waals surface area contributed by atoms with E-state index in [2.05, 4.69) is 20.7 Å². The Labute approximate surface area is 217 Å². The van der Waals surface area contributed by atoms with Gasteiger partial charge in [-0.2, -0.15) is 5.10 Å². The van der Waals surface area contributed by atoms with Crippen molar-refractivity contribution in [3.05, 3.63) is 83.9 Å². The summed E-state index contributed by atoms with van der Waals surface area (Å²) in [6, 6.07) is 21.0. The third-order valence-electron chi connectivity index (χ3n) is 5.17. The number of aromatic nitrogens is 3. The van der Waals surface area contributed by atoms with Crippen LogP contribution < -0.4 is 20.0 Å². The van der Waals surface area contributed by atoms with Crippen molar-refractivity contribution in [1.29, 1.82) is 0 Å². The van der Waals surface area contributed by atoms with Crippen LogP contribution in [0.5, 0.6) is 11.5 Å². The van der Waals surface area contributed by atoms with Gasteiger partial charge in [-0.05, 0) is 41.5 Å². The molecule has 0 fully saturated rings. The van der Waals surface area contributed by atoms with Gasteiger partial charge in [0.15, 0.2) is 22.5 Å². The average Bonchev–Trinajstić information content (AvgIpc) is 3.36. The quantitative estimate of drug-likeness (QED) is 0.193. The summed E-state index contributed by atoms with van der Waals surface area (Å²) in [6.45, 7) is 0. The van der Waals surface area contributed by atoms with Crippen molar-refractivity contribution < 1.29 is 24.2 Å². The van der Waals surface area contributed by atoms with Gasteiger partial charge in [0.25, 0.3) is 5.91 Å². The molecule has 0 saturated carbocycles. The van der Waals surface area contributed by atoms with Crippen LogP contribution in [-0.2, 0) is 4.79 Å². The lowest BCUT2D eigenvalue weighted by Gasteiger charge is -2.12. The molecule has 37 heavy (non-hydrogen) atoms. The molecular formula is C26H22N5O5S-. The molecule has 0 aliphatic heterocycles. The lowest BCUT2D eigenvalue weighted by Crippen LogP contribution is -2.22. The zero-order valence-electron chi connectivity index (χ0n) is 20.0. The Morgan fingerprint density at radius 3 is 2.41 bits per heavy atom. The summed E-state index contributed by atoms with van der Waals surface area (Å²) >= 11 is 1.21. The molecule has 0 aliphatic carbocycles. The van der Waals surface area contributed by atoms with E-state index in [-0.39, 0.29) is 17.2 Å². The van der Waals surface area contributed by atoms with E-state index in [9.17, 15) is 14.7 Å². The maximum atomic E-state index is 12.4. The number of methoxy groups -OCH3 is 2. The van der Waals surface area contributed by atoms with Gasteiger partial charge in [-0.3, -0.25) is 9.36 Å². The summed E-state index contributed by atoms with van der Waals surface area (Å²) in [7, 11) is 3.13. The number of benzene rings is 3. The molecule has 1 aromatic heterocycles. The van der Waals surface area contributed by atoms with Crippen LogP contribution in [0.25, 0.3) is 17.1 Å². The molecule has 0 spiro atoms. The molecule has 1 N–H and O–H groups in total. The molecule has 1 heterocycles. The summed E-state index contributed by atoms with van der Waals surface area (Å²) in [6.07, 6.45) is 1.42. The highest BCUT2D eigenvalue weighted by Gasteiger charge is 2.18. The van der Waals surface area contributed by atoms with Crippen molar-refractivity contribution in [2.24, 2.45) is 5.10 Å². The van der Waals surface area contributed by atoms with E-state index in [1.54, 1.807) is 32.4 Å². The van der Waals surface area contributed by atoms with Crippen molar-refractivity contribution >= 4 is 29.9 Å². The van der Waals surface area contributed by atoms with Crippen molar-refractivity contribution in [2.75, 3.05) is 20.0 Å². The lowest BCUT2D eigenvalue weighted by molar-refractivity contribution is -0.255. The first kappa shape index (κ1) is 25.5. The highest BCUT2D eigenvalue weighted by molar-refractivity contribution is 7.99. The highest BCUT2D eigenvalue weighted by atomic mass is 32.2. The zero-order valence-corrected chi connectivity index (χ0v) is 20.8. The third kappa shape index (κ3) is 6.14. The molecule has 0 aliphatic rings. The Morgan fingerprint density at radius 2 is 1.73 bits per heavy atom. The number of aromatic carboxylic acids is 1. The summed E-state index contributed by atoms with van der Waals surface area (Å²) in [5.41, 5.74) is 4.74. The van der Waals surface area contributed by atoms with Crippen LogP contribution in [0.3, 0.4) is 0 Å². The number of nitrogens with one attached hydrogen (secondary N) is 1. The van der Waals surface area contributed by atoms with E-state index >= 15 is 0 Å². The number of carboxylic acid groups (broad SMARTS) is 1. The molecule has 4 rings (SSSR count). The van der Waals surface area contributed by atoms with Gasteiger partial charge < -0.3 is 19.4 Å². The molecular weight excluding hydrogens is 494 g/mol. The van der Waals surface area contributed by atoms with Crippen LogP contribution in [0.15, 0.2) is 83.1 Å². The van der Waals surface area contributed by atoms with E-state index < -0.39 is 5.97 Å². The third-order valence-corrected chi connectivity index (χ3v) is 6.10. The Balaban J connectivity index is 1.50. The number of ether oxygens (including phenoxy) is 2. The second kappa shape index (κ2) is 11.9. The van der Waals surface area contributed by atoms with E-state index in [1.165, 1.54) is 30.1 Å². The molecule has 3 aromatic carbocycles. The molecule has 0 saturated heterocycles. The maximum Gasteiger partial charge on any atom is 0.250 e. The van der Waals surface area contributed by atoms with Gasteiger partial charge in [0.05, 0.1) is 32.2 Å². The van der Waals surface area contributed by atoms with Gasteiger partial charge in [-0.1, -0.05) is 54.2 Å². The van der Waals surface area contributed by atoms with Gasteiger partial charge >= 0.3 is 0 Å². The van der Waals surface area contributed by atoms with Crippen molar-refractivity contribution in [1.82, 2.24) is 20.2 Å². The number of carbonyl (C=O) groups excluding carboxylic acids is 2. The van der Waals surface area contributed by atoms with Crippen LogP contribution >= 0.6 is 11.8 Å². The number of carboxylic acids is 1. The van der Waals surface area contributed by atoms with Gasteiger partial charge in [0, 0.05) is 11.3 Å². The summed E-state index contributed by atoms with van der Waals surface area (Å²) in [4.78, 5) is 23.2. The standard InChI is InChI=1S/C26H23N5O5S/c1-35-21-13-12-19(14-22(21)36-2)24-29-30-26(31(24)20-6-4-3-5-7-20)37-16-23(32)28-27-15-17-8-10-18(11-9-17)25(33)34/h3-15H,16H2,1-2H3,(H,28,32)(H,33,34)/p-1. The van der Waals surface area contributed by atoms with E-state index in [4.69, 9.17) is 9.47 Å². The molecule has 4 aromatic rings. The molecule has 0 unspecified atom stereocenters. The normalized spacial score (nSPS) is 10.9. The van der Waals surface area contributed by atoms with Crippen LogP contribution in [0.2, 0.25) is 0 Å². The Hall–Kier alpha value is -4.64. The van der Waals surface area contributed by atoms with E-state index in [0.717, 1.165) is 11.3 Å². The van der Waals surface area contributed by atoms with Crippen LogP contribution in [-0.4, -0.2) is 52.8 Å².